The molecular formula is C22H24O3. The second kappa shape index (κ2) is 8.02. The Balaban J connectivity index is 1.44. The molecule has 3 atom stereocenters. The summed E-state index contributed by atoms with van der Waals surface area (Å²) in [5.74, 6) is 0.826. The van der Waals surface area contributed by atoms with E-state index in [0.717, 1.165) is 29.7 Å². The highest BCUT2D eigenvalue weighted by Crippen LogP contribution is 2.46. The average Bonchev–Trinajstić information content (AvgIpc) is 3.40. The summed E-state index contributed by atoms with van der Waals surface area (Å²) in [5, 5.41) is 9.03. The van der Waals surface area contributed by atoms with E-state index in [4.69, 9.17) is 9.84 Å². The lowest BCUT2D eigenvalue weighted by molar-refractivity contribution is -0.141. The van der Waals surface area contributed by atoms with Crippen molar-refractivity contribution in [3.05, 3.63) is 71.8 Å². The summed E-state index contributed by atoms with van der Waals surface area (Å²) in [7, 11) is 0. The normalized spacial score (nSPS) is 20.4. The van der Waals surface area contributed by atoms with Gasteiger partial charge in [0.1, 0.15) is 12.4 Å². The van der Waals surface area contributed by atoms with Gasteiger partial charge in [-0.3, -0.25) is 4.79 Å². The monoisotopic (exact) mass is 336 g/mol. The maximum atomic E-state index is 11.0. The van der Waals surface area contributed by atoms with E-state index < -0.39 is 5.97 Å². The van der Waals surface area contributed by atoms with Crippen LogP contribution in [0, 0.1) is 17.8 Å². The number of aliphatic carboxylic acids is 1. The smallest absolute Gasteiger partial charge is 0.306 e. The van der Waals surface area contributed by atoms with Crippen LogP contribution in [-0.4, -0.2) is 11.1 Å². The lowest BCUT2D eigenvalue weighted by atomic mass is 10.0. The van der Waals surface area contributed by atoms with E-state index in [1.54, 1.807) is 0 Å². The van der Waals surface area contributed by atoms with Gasteiger partial charge in [0.25, 0.3) is 0 Å². The van der Waals surface area contributed by atoms with Crippen LogP contribution >= 0.6 is 0 Å². The summed E-state index contributed by atoms with van der Waals surface area (Å²) in [4.78, 5) is 11.0. The minimum Gasteiger partial charge on any atom is -0.489 e. The lowest BCUT2D eigenvalue weighted by Gasteiger charge is -2.06. The number of allylic oxidation sites excluding steroid dienone is 1. The van der Waals surface area contributed by atoms with Crippen LogP contribution in [0.2, 0.25) is 0 Å². The molecule has 3 rings (SSSR count). The van der Waals surface area contributed by atoms with Crippen molar-refractivity contribution in [3.8, 4) is 5.75 Å². The van der Waals surface area contributed by atoms with Gasteiger partial charge in [0.05, 0.1) is 5.92 Å². The summed E-state index contributed by atoms with van der Waals surface area (Å²) in [6.45, 7) is 2.38. The molecule has 0 aromatic heterocycles. The molecule has 1 aliphatic rings. The van der Waals surface area contributed by atoms with Crippen LogP contribution in [0.4, 0.5) is 0 Å². The first kappa shape index (κ1) is 17.3. The van der Waals surface area contributed by atoms with Crippen LogP contribution in [0.3, 0.4) is 0 Å². The largest absolute Gasteiger partial charge is 0.489 e. The maximum Gasteiger partial charge on any atom is 0.306 e. The highest BCUT2D eigenvalue weighted by molar-refractivity contribution is 5.70. The maximum absolute atomic E-state index is 11.0. The van der Waals surface area contributed by atoms with E-state index in [1.807, 2.05) is 61.5 Å². The Morgan fingerprint density at radius 3 is 2.60 bits per heavy atom. The van der Waals surface area contributed by atoms with Crippen molar-refractivity contribution in [1.29, 1.82) is 0 Å². The third-order valence-corrected chi connectivity index (χ3v) is 4.89. The van der Waals surface area contributed by atoms with Gasteiger partial charge in [0.15, 0.2) is 0 Å². The van der Waals surface area contributed by atoms with Gasteiger partial charge < -0.3 is 9.84 Å². The zero-order valence-corrected chi connectivity index (χ0v) is 14.5. The third-order valence-electron chi connectivity index (χ3n) is 4.89. The van der Waals surface area contributed by atoms with Gasteiger partial charge >= 0.3 is 5.97 Å². The van der Waals surface area contributed by atoms with Crippen LogP contribution in [-0.2, 0) is 11.4 Å². The van der Waals surface area contributed by atoms with E-state index in [2.05, 4.69) is 12.2 Å². The molecule has 0 radical (unpaired) electrons. The van der Waals surface area contributed by atoms with E-state index >= 15 is 0 Å². The third kappa shape index (κ3) is 4.96. The number of benzene rings is 2. The van der Waals surface area contributed by atoms with Crippen LogP contribution in [0.5, 0.6) is 5.75 Å². The Bertz CT molecular complexity index is 719. The van der Waals surface area contributed by atoms with Gasteiger partial charge in [-0.1, -0.05) is 61.5 Å². The second-order valence-corrected chi connectivity index (χ2v) is 6.77. The van der Waals surface area contributed by atoms with Crippen LogP contribution < -0.4 is 4.74 Å². The van der Waals surface area contributed by atoms with E-state index in [-0.39, 0.29) is 5.92 Å². The summed E-state index contributed by atoms with van der Waals surface area (Å²) in [6.07, 6.45) is 6.24. The molecule has 1 aliphatic carbocycles. The molecule has 0 bridgehead atoms. The quantitative estimate of drug-likeness (QED) is 0.736. The highest BCUT2D eigenvalue weighted by atomic mass is 16.5. The number of carboxylic acids is 1. The van der Waals surface area contributed by atoms with Crippen molar-refractivity contribution >= 4 is 12.0 Å². The summed E-state index contributed by atoms with van der Waals surface area (Å²) in [5.41, 5.74) is 2.29. The first-order valence-electron chi connectivity index (χ1n) is 8.79. The van der Waals surface area contributed by atoms with Gasteiger partial charge in [-0.25, -0.2) is 0 Å². The van der Waals surface area contributed by atoms with Crippen molar-refractivity contribution in [2.75, 3.05) is 0 Å². The molecule has 0 heterocycles. The molecule has 0 aliphatic heterocycles. The number of hydrogen-bond donors (Lipinski definition) is 1. The second-order valence-electron chi connectivity index (χ2n) is 6.77. The van der Waals surface area contributed by atoms with Gasteiger partial charge in [-0.2, -0.15) is 0 Å². The van der Waals surface area contributed by atoms with Gasteiger partial charge in [-0.05, 0) is 47.9 Å². The Labute approximate surface area is 149 Å². The molecule has 3 nitrogen and oxygen atoms in total. The average molecular weight is 336 g/mol. The van der Waals surface area contributed by atoms with Crippen molar-refractivity contribution in [2.24, 2.45) is 17.8 Å². The minimum absolute atomic E-state index is 0.223. The Morgan fingerprint density at radius 2 is 1.92 bits per heavy atom. The predicted octanol–water partition coefficient (Wildman–Crippen LogP) is 5.03. The standard InChI is InChI=1S/C22H24O3/c1-16(22(23)24)21-14-19(21)9-5-8-17-10-12-20(13-11-17)25-15-18-6-3-2-4-7-18/h2-8,10-13,16,19,21H,9,14-15H2,1H3,(H,23,24). The molecule has 2 aromatic rings. The number of hydrogen-bond acceptors (Lipinski definition) is 2. The fraction of sp³-hybridized carbons (Fsp3) is 0.318. The van der Waals surface area contributed by atoms with Crippen molar-refractivity contribution in [1.82, 2.24) is 0 Å². The zero-order valence-electron chi connectivity index (χ0n) is 14.5. The lowest BCUT2D eigenvalue weighted by Crippen LogP contribution is -2.12. The fourth-order valence-electron chi connectivity index (χ4n) is 3.13. The summed E-state index contributed by atoms with van der Waals surface area (Å²) < 4.78 is 5.78. The number of ether oxygens (including phenoxy) is 1. The van der Waals surface area contributed by atoms with Crippen LogP contribution in [0.15, 0.2) is 60.7 Å². The summed E-state index contributed by atoms with van der Waals surface area (Å²) >= 11 is 0. The Morgan fingerprint density at radius 1 is 1.20 bits per heavy atom. The fourth-order valence-corrected chi connectivity index (χ4v) is 3.13. The van der Waals surface area contributed by atoms with Gasteiger partial charge in [-0.15, -0.1) is 0 Å². The van der Waals surface area contributed by atoms with E-state index in [0.29, 0.717) is 18.4 Å². The zero-order chi connectivity index (χ0) is 17.6. The minimum atomic E-state index is -0.678. The Hall–Kier alpha value is -2.55. The van der Waals surface area contributed by atoms with E-state index in [9.17, 15) is 4.79 Å². The molecule has 0 saturated heterocycles. The van der Waals surface area contributed by atoms with Crippen LogP contribution in [0.25, 0.3) is 6.08 Å². The molecule has 3 heteroatoms. The summed E-state index contributed by atoms with van der Waals surface area (Å²) in [6, 6.07) is 18.2. The topological polar surface area (TPSA) is 46.5 Å². The molecule has 130 valence electrons. The molecule has 1 N–H and O–H groups in total. The number of rotatable bonds is 8. The first-order chi connectivity index (χ1) is 12.1. The van der Waals surface area contributed by atoms with Crippen LogP contribution in [0.1, 0.15) is 30.9 Å². The van der Waals surface area contributed by atoms with Gasteiger partial charge in [0, 0.05) is 0 Å². The molecule has 1 saturated carbocycles. The number of carboxylic acid groups (broad SMARTS) is 1. The molecule has 0 spiro atoms. The SMILES string of the molecule is CC(C(=O)O)C1CC1CC=Cc1ccc(OCc2ccccc2)cc1. The predicted molar refractivity (Wildman–Crippen MR) is 99.3 cm³/mol. The number of carbonyl (C=O) groups is 1. The molecule has 0 amide bonds. The van der Waals surface area contributed by atoms with Crippen molar-refractivity contribution in [3.63, 3.8) is 0 Å². The molecule has 25 heavy (non-hydrogen) atoms. The first-order valence-corrected chi connectivity index (χ1v) is 8.79. The highest BCUT2D eigenvalue weighted by Gasteiger charge is 2.42. The molecule has 2 aromatic carbocycles. The Kier molecular flexibility index (Phi) is 5.54. The van der Waals surface area contributed by atoms with Crippen molar-refractivity contribution < 1.29 is 14.6 Å². The van der Waals surface area contributed by atoms with Crippen molar-refractivity contribution in [2.45, 2.75) is 26.4 Å². The molecular weight excluding hydrogens is 312 g/mol. The molecule has 1 fully saturated rings. The molecule has 3 unspecified atom stereocenters. The van der Waals surface area contributed by atoms with Gasteiger partial charge in [0.2, 0.25) is 0 Å². The van der Waals surface area contributed by atoms with E-state index in [1.165, 1.54) is 0 Å².